The van der Waals surface area contributed by atoms with Gasteiger partial charge in [-0.3, -0.25) is 0 Å². The largest absolute Gasteiger partial charge is 0.453 e. The predicted molar refractivity (Wildman–Crippen MR) is 63.4 cm³/mol. The van der Waals surface area contributed by atoms with Crippen molar-refractivity contribution < 1.29 is 14.6 Å². The summed E-state index contributed by atoms with van der Waals surface area (Å²) in [6.07, 6.45) is -0.353. The molecule has 1 amide bonds. The number of rotatable bonds is 7. The molecule has 0 saturated carbocycles. The first kappa shape index (κ1) is 15.2. The molecule has 0 aliphatic heterocycles. The van der Waals surface area contributed by atoms with Crippen LogP contribution in [0.3, 0.4) is 0 Å². The Morgan fingerprint density at radius 1 is 1.44 bits per heavy atom. The van der Waals surface area contributed by atoms with E-state index < -0.39 is 12.2 Å². The summed E-state index contributed by atoms with van der Waals surface area (Å²) in [6, 6.07) is -0.256. The van der Waals surface area contributed by atoms with Crippen LogP contribution in [-0.4, -0.2) is 55.0 Å². The van der Waals surface area contributed by atoms with Crippen molar-refractivity contribution in [3.05, 3.63) is 0 Å². The normalized spacial score (nSPS) is 14.6. The zero-order valence-electron chi connectivity index (χ0n) is 10.7. The van der Waals surface area contributed by atoms with Gasteiger partial charge in [0, 0.05) is 6.54 Å². The Morgan fingerprint density at radius 3 is 2.38 bits per heavy atom. The van der Waals surface area contributed by atoms with Crippen LogP contribution < -0.4 is 5.32 Å². The Bertz CT molecular complexity index is 194. The zero-order valence-corrected chi connectivity index (χ0v) is 10.7. The molecule has 0 spiro atoms. The first-order valence-corrected chi connectivity index (χ1v) is 5.80. The molecule has 0 aromatic carbocycles. The van der Waals surface area contributed by atoms with Gasteiger partial charge < -0.3 is 20.1 Å². The molecule has 5 heteroatoms. The van der Waals surface area contributed by atoms with Crippen LogP contribution in [0.2, 0.25) is 0 Å². The molecule has 0 heterocycles. The number of alkyl carbamates (subject to hydrolysis) is 1. The van der Waals surface area contributed by atoms with Crippen LogP contribution in [-0.2, 0) is 4.74 Å². The summed E-state index contributed by atoms with van der Waals surface area (Å²) < 4.78 is 4.52. The highest BCUT2D eigenvalue weighted by Crippen LogP contribution is 2.02. The molecular formula is C11H24N2O3. The molecule has 0 aliphatic carbocycles. The Kier molecular flexibility index (Phi) is 7.93. The van der Waals surface area contributed by atoms with Crippen molar-refractivity contribution in [3.8, 4) is 0 Å². The smallest absolute Gasteiger partial charge is 0.407 e. The van der Waals surface area contributed by atoms with Gasteiger partial charge in [-0.2, -0.15) is 0 Å². The van der Waals surface area contributed by atoms with E-state index in [1.54, 1.807) is 6.92 Å². The van der Waals surface area contributed by atoms with E-state index in [0.29, 0.717) is 6.42 Å². The van der Waals surface area contributed by atoms with Crippen LogP contribution in [0.15, 0.2) is 0 Å². The van der Waals surface area contributed by atoms with E-state index in [2.05, 4.69) is 28.8 Å². The molecule has 0 aromatic rings. The lowest BCUT2D eigenvalue weighted by atomic mass is 10.1. The second-order valence-electron chi connectivity index (χ2n) is 3.80. The second-order valence-corrected chi connectivity index (χ2v) is 3.80. The fourth-order valence-electron chi connectivity index (χ4n) is 1.51. The highest BCUT2D eigenvalue weighted by Gasteiger charge is 2.18. The van der Waals surface area contributed by atoms with Gasteiger partial charge in [-0.15, -0.1) is 0 Å². The van der Waals surface area contributed by atoms with Gasteiger partial charge in [0.15, 0.2) is 0 Å². The lowest BCUT2D eigenvalue weighted by Crippen LogP contribution is -2.44. The topological polar surface area (TPSA) is 61.8 Å². The van der Waals surface area contributed by atoms with Crippen molar-refractivity contribution in [1.82, 2.24) is 10.2 Å². The number of nitrogens with one attached hydrogen (secondary N) is 1. The van der Waals surface area contributed by atoms with E-state index in [-0.39, 0.29) is 6.04 Å². The molecule has 2 atom stereocenters. The maximum Gasteiger partial charge on any atom is 0.407 e. The van der Waals surface area contributed by atoms with Gasteiger partial charge in [-0.05, 0) is 26.4 Å². The summed E-state index contributed by atoms with van der Waals surface area (Å²) >= 11 is 0. The summed E-state index contributed by atoms with van der Waals surface area (Å²) in [5, 5.41) is 12.2. The molecule has 0 aromatic heterocycles. The van der Waals surface area contributed by atoms with E-state index in [4.69, 9.17) is 0 Å². The van der Waals surface area contributed by atoms with Gasteiger partial charge >= 0.3 is 6.09 Å². The minimum Gasteiger partial charge on any atom is -0.453 e. The molecular weight excluding hydrogens is 208 g/mol. The van der Waals surface area contributed by atoms with Crippen molar-refractivity contribution in [1.29, 1.82) is 0 Å². The van der Waals surface area contributed by atoms with Gasteiger partial charge in [0.05, 0.1) is 19.3 Å². The summed E-state index contributed by atoms with van der Waals surface area (Å²) in [4.78, 5) is 13.3. The second kappa shape index (κ2) is 8.35. The van der Waals surface area contributed by atoms with E-state index in [1.165, 1.54) is 7.11 Å². The molecule has 0 fully saturated rings. The fraction of sp³-hybridized carbons (Fsp3) is 0.909. The zero-order chi connectivity index (χ0) is 12.6. The Morgan fingerprint density at radius 2 is 2.00 bits per heavy atom. The maximum atomic E-state index is 11.1. The maximum absolute atomic E-state index is 11.1. The van der Waals surface area contributed by atoms with Crippen LogP contribution in [0.1, 0.15) is 27.2 Å². The number of carbonyl (C=O) groups excluding carboxylic acids is 1. The van der Waals surface area contributed by atoms with Crippen molar-refractivity contribution >= 4 is 6.09 Å². The molecule has 0 rings (SSSR count). The summed E-state index contributed by atoms with van der Waals surface area (Å²) in [5.41, 5.74) is 0. The van der Waals surface area contributed by atoms with Gasteiger partial charge in [-0.1, -0.05) is 13.8 Å². The number of carbonyl (C=O) groups is 1. The van der Waals surface area contributed by atoms with Crippen molar-refractivity contribution in [2.24, 2.45) is 0 Å². The molecule has 16 heavy (non-hydrogen) atoms. The number of nitrogens with zero attached hydrogens (tertiary/aromatic N) is 1. The van der Waals surface area contributed by atoms with E-state index in [0.717, 1.165) is 19.6 Å². The summed E-state index contributed by atoms with van der Waals surface area (Å²) in [6.45, 7) is 8.65. The van der Waals surface area contributed by atoms with Crippen LogP contribution in [0.5, 0.6) is 0 Å². The third-order valence-corrected chi connectivity index (χ3v) is 2.72. The lowest BCUT2D eigenvalue weighted by molar-refractivity contribution is 0.116. The minimum absolute atomic E-state index is 0.256. The van der Waals surface area contributed by atoms with Crippen LogP contribution in [0, 0.1) is 0 Å². The molecule has 0 aliphatic rings. The summed E-state index contributed by atoms with van der Waals surface area (Å²) in [5.74, 6) is 0. The molecule has 2 N–H and O–H groups in total. The standard InChI is InChI=1S/C11H24N2O3/c1-5-13(6-2)8-7-10(9(3)14)12-11(15)16-4/h9-10,14H,5-8H2,1-4H3,(H,12,15). The third-order valence-electron chi connectivity index (χ3n) is 2.72. The SMILES string of the molecule is CCN(CC)CCC(NC(=O)OC)C(C)O. The van der Waals surface area contributed by atoms with Gasteiger partial charge in [0.25, 0.3) is 0 Å². The third kappa shape index (κ3) is 5.92. The highest BCUT2D eigenvalue weighted by atomic mass is 16.5. The fourth-order valence-corrected chi connectivity index (χ4v) is 1.51. The van der Waals surface area contributed by atoms with Gasteiger partial charge in [0.2, 0.25) is 0 Å². The lowest BCUT2D eigenvalue weighted by Gasteiger charge is -2.24. The Hall–Kier alpha value is -0.810. The average Bonchev–Trinajstić information content (AvgIpc) is 2.28. The van der Waals surface area contributed by atoms with E-state index in [9.17, 15) is 9.90 Å². The molecule has 0 saturated heterocycles. The number of aliphatic hydroxyl groups excluding tert-OH is 1. The van der Waals surface area contributed by atoms with Gasteiger partial charge in [-0.25, -0.2) is 4.79 Å². The van der Waals surface area contributed by atoms with Crippen LogP contribution >= 0.6 is 0 Å². The van der Waals surface area contributed by atoms with E-state index >= 15 is 0 Å². The monoisotopic (exact) mass is 232 g/mol. The molecule has 2 unspecified atom stereocenters. The number of methoxy groups -OCH3 is 1. The van der Waals surface area contributed by atoms with E-state index in [1.807, 2.05) is 0 Å². The predicted octanol–water partition coefficient (Wildman–Crippen LogP) is 0.824. The Labute approximate surface area is 97.8 Å². The van der Waals surface area contributed by atoms with Crippen molar-refractivity contribution in [3.63, 3.8) is 0 Å². The number of amides is 1. The number of hydrogen-bond acceptors (Lipinski definition) is 4. The highest BCUT2D eigenvalue weighted by molar-refractivity contribution is 5.67. The first-order valence-electron chi connectivity index (χ1n) is 5.80. The molecule has 0 bridgehead atoms. The minimum atomic E-state index is -0.574. The van der Waals surface area contributed by atoms with Crippen LogP contribution in [0.25, 0.3) is 0 Å². The van der Waals surface area contributed by atoms with Crippen molar-refractivity contribution in [2.45, 2.75) is 39.3 Å². The van der Waals surface area contributed by atoms with Crippen LogP contribution in [0.4, 0.5) is 4.79 Å². The summed E-state index contributed by atoms with van der Waals surface area (Å²) in [7, 11) is 1.32. The molecule has 0 radical (unpaired) electrons. The number of aliphatic hydroxyl groups is 1. The van der Waals surface area contributed by atoms with Gasteiger partial charge in [0.1, 0.15) is 0 Å². The number of hydrogen-bond donors (Lipinski definition) is 2. The average molecular weight is 232 g/mol. The quantitative estimate of drug-likeness (QED) is 0.682. The Balaban J connectivity index is 4.08. The van der Waals surface area contributed by atoms with Crippen molar-refractivity contribution in [2.75, 3.05) is 26.7 Å². The molecule has 5 nitrogen and oxygen atoms in total. The number of ether oxygens (including phenoxy) is 1. The first-order chi connectivity index (χ1) is 7.54. The molecule has 96 valence electrons.